The Hall–Kier alpha value is -2.56. The average Bonchev–Trinajstić information content (AvgIpc) is 0.844. The Morgan fingerprint density at radius 2 is 0.307 bits per heavy atom. The van der Waals surface area contributed by atoms with Crippen molar-refractivity contribution in [3.8, 4) is 0 Å². The SMILES string of the molecule is CCCC[N+](CCCOCCOCCOCCOCCOCCOCCOCCOCCOCCOCCOCCOCCOCCOCCOCCOCCOCCOCCOS(=O)(=O)OC)(CCOCCOCCOCCOCCOCCOCCOCCOCCOCCOCCOCCOCCOCCOCCOCCOCCOCCOCCOCCOS(=O)(=O)OC)Cc1ccccc1. The molecule has 1 rings (SSSR count). The van der Waals surface area contributed by atoms with Gasteiger partial charge < -0.3 is 180 Å². The van der Waals surface area contributed by atoms with Gasteiger partial charge in [0, 0.05) is 12.0 Å². The third-order valence-electron chi connectivity index (χ3n) is 18.3. The van der Waals surface area contributed by atoms with E-state index in [0.29, 0.717) is 476 Å². The second-order valence-electron chi connectivity index (χ2n) is 29.3. The summed E-state index contributed by atoms with van der Waals surface area (Å²) in [6.45, 7) is 39.4. The smallest absolute Gasteiger partial charge is 0.379 e. The van der Waals surface area contributed by atoms with Crippen LogP contribution in [-0.2, 0) is 219 Å². The summed E-state index contributed by atoms with van der Waals surface area (Å²) in [5.41, 5.74) is 1.32. The lowest BCUT2D eigenvalue weighted by Crippen LogP contribution is -2.51. The molecule has 1 unspecified atom stereocenters. The molecule has 48 heteroatoms. The van der Waals surface area contributed by atoms with Crippen LogP contribution in [0.2, 0.25) is 0 Å². The van der Waals surface area contributed by atoms with Gasteiger partial charge in [-0.15, -0.1) is 0 Å². The van der Waals surface area contributed by atoms with E-state index in [9.17, 15) is 16.8 Å². The third-order valence-corrected chi connectivity index (χ3v) is 20.0. The number of quaternary nitrogens is 1. The lowest BCUT2D eigenvalue weighted by atomic mass is 10.1. The van der Waals surface area contributed by atoms with Gasteiger partial charge >= 0.3 is 20.8 Å². The van der Waals surface area contributed by atoms with Crippen LogP contribution >= 0.6 is 0 Å². The Morgan fingerprint density at radius 3 is 0.457 bits per heavy atom. The van der Waals surface area contributed by atoms with Crippen molar-refractivity contribution in [2.75, 3.05) is 536 Å². The molecular formula is C92H180NO45S2+. The van der Waals surface area contributed by atoms with Crippen LogP contribution in [0.1, 0.15) is 31.7 Å². The molecule has 834 valence electrons. The molecule has 0 aromatic heterocycles. The molecule has 1 aromatic rings. The molecule has 0 aliphatic rings. The van der Waals surface area contributed by atoms with Gasteiger partial charge in [0.05, 0.1) is 529 Å². The Labute approximate surface area is 835 Å². The van der Waals surface area contributed by atoms with E-state index in [1.54, 1.807) is 0 Å². The number of rotatable bonds is 127. The van der Waals surface area contributed by atoms with Gasteiger partial charge in [-0.1, -0.05) is 43.7 Å². The van der Waals surface area contributed by atoms with Crippen molar-refractivity contribution in [1.82, 2.24) is 0 Å². The first kappa shape index (κ1) is 135. The molecule has 0 saturated carbocycles. The largest absolute Gasteiger partial charge is 0.399 e. The van der Waals surface area contributed by atoms with Crippen molar-refractivity contribution in [2.45, 2.75) is 32.7 Å². The van der Waals surface area contributed by atoms with Gasteiger partial charge in [-0.25, -0.2) is 8.37 Å². The van der Waals surface area contributed by atoms with Gasteiger partial charge in [0.15, 0.2) is 0 Å². The Kier molecular flexibility index (Phi) is 111. The number of unbranched alkanes of at least 4 members (excludes halogenated alkanes) is 1. The van der Waals surface area contributed by atoms with Crippen LogP contribution in [0.5, 0.6) is 0 Å². The van der Waals surface area contributed by atoms with E-state index in [1.807, 2.05) is 0 Å². The molecular weight excluding hydrogens is 1900 g/mol. The topological polar surface area (TPSA) is 447 Å². The predicted molar refractivity (Wildman–Crippen MR) is 509 cm³/mol. The molecule has 1 aromatic carbocycles. The predicted octanol–water partition coefficient (Wildman–Crippen LogP) is 2.62. The number of hydrogen-bond donors (Lipinski definition) is 0. The Morgan fingerprint density at radius 1 is 0.171 bits per heavy atom. The Balaban J connectivity index is 1.79. The third kappa shape index (κ3) is 110. The van der Waals surface area contributed by atoms with Crippen LogP contribution in [0.15, 0.2) is 30.3 Å². The van der Waals surface area contributed by atoms with E-state index < -0.39 is 20.8 Å². The van der Waals surface area contributed by atoms with Crippen LogP contribution in [0, 0.1) is 0 Å². The van der Waals surface area contributed by atoms with Crippen molar-refractivity contribution >= 4 is 20.8 Å². The zero-order valence-corrected chi connectivity index (χ0v) is 86.3. The molecule has 46 nitrogen and oxygen atoms in total. The molecule has 0 radical (unpaired) electrons. The molecule has 140 heavy (non-hydrogen) atoms. The summed E-state index contributed by atoms with van der Waals surface area (Å²) < 4.78 is 268. The van der Waals surface area contributed by atoms with Crippen LogP contribution in [-0.4, -0.2) is 557 Å². The van der Waals surface area contributed by atoms with E-state index in [-0.39, 0.29) is 26.4 Å². The summed E-state index contributed by atoms with van der Waals surface area (Å²) in [5, 5.41) is 0. The Bertz CT molecular complexity index is 2710. The summed E-state index contributed by atoms with van der Waals surface area (Å²) in [4.78, 5) is 0. The maximum Gasteiger partial charge on any atom is 0.399 e. The second-order valence-corrected chi connectivity index (χ2v) is 32.1. The number of ether oxygens (including phenoxy) is 37. The summed E-state index contributed by atoms with van der Waals surface area (Å²) in [6.07, 6.45) is 3.19. The minimum atomic E-state index is -3.94. The van der Waals surface area contributed by atoms with Gasteiger partial charge in [0.1, 0.15) is 13.1 Å². The molecule has 0 spiro atoms. The summed E-state index contributed by atoms with van der Waals surface area (Å²) in [7, 11) is -5.84. The van der Waals surface area contributed by atoms with Gasteiger partial charge in [-0.05, 0) is 6.42 Å². The molecule has 0 heterocycles. The molecule has 0 bridgehead atoms. The maximum absolute atomic E-state index is 11.0. The lowest BCUT2D eigenvalue weighted by Gasteiger charge is -2.39. The van der Waals surface area contributed by atoms with Gasteiger partial charge in [0.2, 0.25) is 0 Å². The monoisotopic (exact) mass is 2080 g/mol. The molecule has 0 amide bonds. The zero-order valence-electron chi connectivity index (χ0n) is 84.7. The first-order valence-electron chi connectivity index (χ1n) is 49.3. The van der Waals surface area contributed by atoms with Gasteiger partial charge in [-0.3, -0.25) is 8.37 Å². The van der Waals surface area contributed by atoms with E-state index in [2.05, 4.69) is 54.0 Å². The lowest BCUT2D eigenvalue weighted by molar-refractivity contribution is -0.941. The molecule has 0 fully saturated rings. The molecule has 0 N–H and O–H groups in total. The highest BCUT2D eigenvalue weighted by molar-refractivity contribution is 7.82. The quantitative estimate of drug-likeness (QED) is 0.0668. The zero-order chi connectivity index (χ0) is 100. The first-order valence-corrected chi connectivity index (χ1v) is 52.0. The van der Waals surface area contributed by atoms with E-state index in [1.165, 1.54) is 5.56 Å². The average molecular weight is 2080 g/mol. The van der Waals surface area contributed by atoms with Gasteiger partial charge in [-0.2, -0.15) is 16.8 Å². The fourth-order valence-electron chi connectivity index (χ4n) is 11.2. The summed E-state index contributed by atoms with van der Waals surface area (Å²) in [5.74, 6) is 0. The van der Waals surface area contributed by atoms with Crippen molar-refractivity contribution in [3.63, 3.8) is 0 Å². The summed E-state index contributed by atoms with van der Waals surface area (Å²) in [6, 6.07) is 10.7. The van der Waals surface area contributed by atoms with E-state index in [0.717, 1.165) is 64.1 Å². The molecule has 0 saturated heterocycles. The summed E-state index contributed by atoms with van der Waals surface area (Å²) >= 11 is 0. The fraction of sp³-hybridized carbons (Fsp3) is 0.935. The van der Waals surface area contributed by atoms with Crippen molar-refractivity contribution in [1.29, 1.82) is 0 Å². The second kappa shape index (κ2) is 115. The van der Waals surface area contributed by atoms with Crippen LogP contribution in [0.25, 0.3) is 0 Å². The normalized spacial score (nSPS) is 12.5. The van der Waals surface area contributed by atoms with Gasteiger partial charge in [0.25, 0.3) is 0 Å². The van der Waals surface area contributed by atoms with Crippen LogP contribution in [0.3, 0.4) is 0 Å². The van der Waals surface area contributed by atoms with Crippen molar-refractivity contribution in [2.24, 2.45) is 0 Å². The number of benzene rings is 1. The highest BCUT2D eigenvalue weighted by Crippen LogP contribution is 2.19. The first-order chi connectivity index (χ1) is 69.2. The minimum absolute atomic E-state index is 0.104. The fourth-order valence-corrected chi connectivity index (χ4v) is 11.9. The number of nitrogens with zero attached hydrogens (tertiary/aromatic N) is 1. The van der Waals surface area contributed by atoms with Crippen molar-refractivity contribution < 1.29 is 213 Å². The van der Waals surface area contributed by atoms with E-state index in [4.69, 9.17) is 175 Å². The molecule has 0 aliphatic heterocycles. The highest BCUT2D eigenvalue weighted by atomic mass is 32.3. The van der Waals surface area contributed by atoms with Crippen LogP contribution in [0.4, 0.5) is 0 Å². The van der Waals surface area contributed by atoms with Crippen molar-refractivity contribution in [3.05, 3.63) is 35.9 Å². The molecule has 1 atom stereocenters. The minimum Gasteiger partial charge on any atom is -0.379 e. The highest BCUT2D eigenvalue weighted by Gasteiger charge is 2.27. The molecule has 0 aliphatic carbocycles. The maximum atomic E-state index is 11.0. The van der Waals surface area contributed by atoms with E-state index >= 15 is 0 Å². The number of hydrogen-bond acceptors (Lipinski definition) is 45. The standard InChI is InChI=1S/C92H180NO45S2/c1-4-5-12-93(91-92-10-7-6-8-11-92,13-9-15-100-17-19-102-21-23-104-25-27-106-29-31-108-33-35-110-37-39-112-41-43-114-45-47-116-49-51-119-55-57-121-59-61-123-63-65-125-67-69-127-71-73-129-75-77-131-79-81-133-83-85-135-87-89-137-139(94,95)98-2)14-16-101-18-20-103-22-24-105-26-28-107-30-32-109-34-36-111-38-40-113-42-44-115-46-48-117-50-52-118-53-54-120-56-58-122-60-62-124-64-66-126-68-70-128-72-74-130-76-78-132-80-82-134-84-86-136-88-90-138-140(96,97)99-3/h6-8,10-11H,4-5,9,12-91H2,1-3H3/q+1. The van der Waals surface area contributed by atoms with Crippen LogP contribution < -0.4 is 0 Å².